The van der Waals surface area contributed by atoms with Gasteiger partial charge >= 0.3 is 0 Å². The average molecular weight is 433 g/mol. The van der Waals surface area contributed by atoms with Crippen molar-refractivity contribution in [3.8, 4) is 11.8 Å². The number of benzene rings is 3. The van der Waals surface area contributed by atoms with Crippen molar-refractivity contribution < 1.29 is 9.53 Å². The monoisotopic (exact) mass is 432 g/mol. The quantitative estimate of drug-likeness (QED) is 0.308. The van der Waals surface area contributed by atoms with Crippen molar-refractivity contribution in [1.82, 2.24) is 0 Å². The van der Waals surface area contributed by atoms with Gasteiger partial charge < -0.3 is 10.1 Å². The minimum atomic E-state index is -0.478. The van der Waals surface area contributed by atoms with Crippen LogP contribution >= 0.6 is 15.9 Å². The van der Waals surface area contributed by atoms with Crippen molar-refractivity contribution in [3.63, 3.8) is 0 Å². The molecule has 28 heavy (non-hydrogen) atoms. The molecule has 0 aliphatic carbocycles. The molecule has 0 fully saturated rings. The van der Waals surface area contributed by atoms with Gasteiger partial charge in [-0.1, -0.05) is 65.0 Å². The van der Waals surface area contributed by atoms with E-state index in [-0.39, 0.29) is 5.57 Å². The Morgan fingerprint density at radius 2 is 1.96 bits per heavy atom. The Labute approximate surface area is 171 Å². The van der Waals surface area contributed by atoms with Crippen molar-refractivity contribution >= 4 is 44.4 Å². The van der Waals surface area contributed by atoms with Gasteiger partial charge in [0.1, 0.15) is 24.0 Å². The topological polar surface area (TPSA) is 62.1 Å². The number of carbonyl (C=O) groups is 1. The number of carbonyl (C=O) groups excluding carboxylic acids is 1. The molecule has 138 valence electrons. The van der Waals surface area contributed by atoms with Gasteiger partial charge in [0.25, 0.3) is 5.91 Å². The minimum Gasteiger partial charge on any atom is -0.489 e. The summed E-state index contributed by atoms with van der Waals surface area (Å²) in [5.41, 5.74) is 1.26. The predicted molar refractivity (Wildman–Crippen MR) is 116 cm³/mol. The van der Waals surface area contributed by atoms with Gasteiger partial charge in [-0.2, -0.15) is 5.26 Å². The molecule has 0 radical (unpaired) electrons. The lowest BCUT2D eigenvalue weighted by atomic mass is 10.1. The van der Waals surface area contributed by atoms with Crippen LogP contribution in [0.4, 0.5) is 5.69 Å². The molecule has 3 aromatic carbocycles. The Hall–Kier alpha value is -3.36. The lowest BCUT2D eigenvalue weighted by Gasteiger charge is -2.10. The largest absolute Gasteiger partial charge is 0.489 e. The molecular weight excluding hydrogens is 416 g/mol. The molecule has 5 heteroatoms. The SMILES string of the molecule is C=CCOc1ccc(Br)cc1/C=C(\C#N)C(=O)Nc1cccc2ccccc12. The molecule has 0 aliphatic heterocycles. The third-order valence-corrected chi connectivity index (χ3v) is 4.52. The highest BCUT2D eigenvalue weighted by Gasteiger charge is 2.13. The number of rotatable bonds is 6. The van der Waals surface area contributed by atoms with E-state index in [4.69, 9.17) is 4.74 Å². The first kappa shape index (κ1) is 19.4. The summed E-state index contributed by atoms with van der Waals surface area (Å²) in [4.78, 5) is 12.7. The summed E-state index contributed by atoms with van der Waals surface area (Å²) >= 11 is 3.41. The zero-order chi connectivity index (χ0) is 19.9. The maximum absolute atomic E-state index is 12.7. The molecule has 3 rings (SSSR count). The summed E-state index contributed by atoms with van der Waals surface area (Å²) in [5, 5.41) is 14.3. The normalized spacial score (nSPS) is 10.9. The van der Waals surface area contributed by atoms with Crippen LogP contribution in [0.5, 0.6) is 5.75 Å². The van der Waals surface area contributed by atoms with E-state index in [2.05, 4.69) is 27.8 Å². The summed E-state index contributed by atoms with van der Waals surface area (Å²) in [7, 11) is 0. The molecule has 0 spiro atoms. The van der Waals surface area contributed by atoms with Crippen LogP contribution in [0.25, 0.3) is 16.8 Å². The Morgan fingerprint density at radius 3 is 2.75 bits per heavy atom. The molecule has 4 nitrogen and oxygen atoms in total. The summed E-state index contributed by atoms with van der Waals surface area (Å²) in [6.45, 7) is 3.96. The van der Waals surface area contributed by atoms with Crippen LogP contribution in [-0.2, 0) is 4.79 Å². The average Bonchev–Trinajstić information content (AvgIpc) is 2.71. The first-order chi connectivity index (χ1) is 13.6. The third kappa shape index (κ3) is 4.48. The lowest BCUT2D eigenvalue weighted by molar-refractivity contribution is -0.112. The molecule has 0 atom stereocenters. The fraction of sp³-hybridized carbons (Fsp3) is 0.0435. The second-order valence-electron chi connectivity index (χ2n) is 5.93. The van der Waals surface area contributed by atoms with Gasteiger partial charge in [0, 0.05) is 21.1 Å². The van der Waals surface area contributed by atoms with E-state index in [1.54, 1.807) is 18.2 Å². The molecule has 0 saturated heterocycles. The van der Waals surface area contributed by atoms with Gasteiger partial charge in [0.05, 0.1) is 0 Å². The number of hydrogen-bond donors (Lipinski definition) is 1. The molecule has 0 bridgehead atoms. The van der Waals surface area contributed by atoms with Crippen LogP contribution in [0.15, 0.2) is 83.4 Å². The molecule has 0 unspecified atom stereocenters. The van der Waals surface area contributed by atoms with E-state index in [1.807, 2.05) is 54.6 Å². The van der Waals surface area contributed by atoms with Gasteiger partial charge in [-0.15, -0.1) is 0 Å². The smallest absolute Gasteiger partial charge is 0.266 e. The molecule has 0 aromatic heterocycles. The fourth-order valence-corrected chi connectivity index (χ4v) is 3.12. The molecule has 1 N–H and O–H groups in total. The highest BCUT2D eigenvalue weighted by atomic mass is 79.9. The number of nitriles is 1. The van der Waals surface area contributed by atoms with Crippen LogP contribution < -0.4 is 10.1 Å². The first-order valence-corrected chi connectivity index (χ1v) is 9.36. The van der Waals surface area contributed by atoms with E-state index in [0.29, 0.717) is 23.6 Å². The van der Waals surface area contributed by atoms with Crippen LogP contribution in [0, 0.1) is 11.3 Å². The molecular formula is C23H17BrN2O2. The number of ether oxygens (including phenoxy) is 1. The summed E-state index contributed by atoms with van der Waals surface area (Å²) in [5.74, 6) is 0.0855. The Balaban J connectivity index is 1.93. The predicted octanol–water partition coefficient (Wildman–Crippen LogP) is 5.71. The third-order valence-electron chi connectivity index (χ3n) is 4.03. The molecule has 0 heterocycles. The highest BCUT2D eigenvalue weighted by molar-refractivity contribution is 9.10. The van der Waals surface area contributed by atoms with Crippen LogP contribution in [0.2, 0.25) is 0 Å². The summed E-state index contributed by atoms with van der Waals surface area (Å²) in [6.07, 6.45) is 3.15. The van der Waals surface area contributed by atoms with Crippen LogP contribution in [0.1, 0.15) is 5.56 Å². The zero-order valence-corrected chi connectivity index (χ0v) is 16.6. The minimum absolute atomic E-state index is 0.0190. The number of amides is 1. The van der Waals surface area contributed by atoms with E-state index in [1.165, 1.54) is 6.08 Å². The van der Waals surface area contributed by atoms with Crippen molar-refractivity contribution in [3.05, 3.63) is 88.9 Å². The van der Waals surface area contributed by atoms with Crippen LogP contribution in [0.3, 0.4) is 0 Å². The van der Waals surface area contributed by atoms with Crippen molar-refractivity contribution in [2.24, 2.45) is 0 Å². The second kappa shape index (κ2) is 9.03. The Morgan fingerprint density at radius 1 is 1.18 bits per heavy atom. The fourth-order valence-electron chi connectivity index (χ4n) is 2.74. The lowest BCUT2D eigenvalue weighted by Crippen LogP contribution is -2.13. The van der Waals surface area contributed by atoms with Crippen molar-refractivity contribution in [1.29, 1.82) is 5.26 Å². The van der Waals surface area contributed by atoms with Gasteiger partial charge in [-0.25, -0.2) is 0 Å². The van der Waals surface area contributed by atoms with Crippen LogP contribution in [-0.4, -0.2) is 12.5 Å². The number of nitrogens with zero attached hydrogens (tertiary/aromatic N) is 1. The van der Waals surface area contributed by atoms with Gasteiger partial charge in [-0.3, -0.25) is 4.79 Å². The summed E-state index contributed by atoms with van der Waals surface area (Å²) in [6, 6.07) is 20.8. The Bertz CT molecular complexity index is 1110. The highest BCUT2D eigenvalue weighted by Crippen LogP contribution is 2.27. The number of nitrogens with one attached hydrogen (secondary N) is 1. The molecule has 0 aliphatic rings. The maximum Gasteiger partial charge on any atom is 0.266 e. The molecule has 3 aromatic rings. The summed E-state index contributed by atoms with van der Waals surface area (Å²) < 4.78 is 6.43. The zero-order valence-electron chi connectivity index (χ0n) is 15.0. The number of halogens is 1. The first-order valence-electron chi connectivity index (χ1n) is 8.56. The van der Waals surface area contributed by atoms with E-state index < -0.39 is 5.91 Å². The van der Waals surface area contributed by atoms with E-state index in [9.17, 15) is 10.1 Å². The molecule has 1 amide bonds. The maximum atomic E-state index is 12.7. The second-order valence-corrected chi connectivity index (χ2v) is 6.85. The number of hydrogen-bond acceptors (Lipinski definition) is 3. The Kier molecular flexibility index (Phi) is 6.25. The standard InChI is InChI=1S/C23H17BrN2O2/c1-2-12-28-22-11-10-19(24)14-17(22)13-18(15-25)23(27)26-21-9-5-7-16-6-3-4-8-20(16)21/h2-11,13-14H,1,12H2,(H,26,27)/b18-13+. The number of fused-ring (bicyclic) bond motifs is 1. The van der Waals surface area contributed by atoms with Crippen molar-refractivity contribution in [2.45, 2.75) is 0 Å². The van der Waals surface area contributed by atoms with E-state index in [0.717, 1.165) is 15.2 Å². The van der Waals surface area contributed by atoms with Gasteiger partial charge in [0.15, 0.2) is 0 Å². The molecule has 0 saturated carbocycles. The van der Waals surface area contributed by atoms with Gasteiger partial charge in [-0.05, 0) is 35.7 Å². The number of anilines is 1. The van der Waals surface area contributed by atoms with Gasteiger partial charge in [0.2, 0.25) is 0 Å². The van der Waals surface area contributed by atoms with Crippen molar-refractivity contribution in [2.75, 3.05) is 11.9 Å². The van der Waals surface area contributed by atoms with E-state index >= 15 is 0 Å².